The van der Waals surface area contributed by atoms with Crippen molar-refractivity contribution < 1.29 is 0 Å². The molecule has 0 radical (unpaired) electrons. The molecule has 0 saturated heterocycles. The molecule has 0 aromatic heterocycles. The Balaban J connectivity index is 1.67. The first-order valence-corrected chi connectivity index (χ1v) is 10.3. The molecule has 4 heteroatoms. The van der Waals surface area contributed by atoms with E-state index in [1.807, 2.05) is 84.9 Å². The van der Waals surface area contributed by atoms with E-state index < -0.39 is 0 Å². The summed E-state index contributed by atoms with van der Waals surface area (Å²) in [6.07, 6.45) is -0.354. The number of aliphatic imine (C=N–C) groups is 2. The van der Waals surface area contributed by atoms with Crippen molar-refractivity contribution >= 4 is 23.0 Å². The molecule has 0 fully saturated rings. The Morgan fingerprint density at radius 2 is 1.10 bits per heavy atom. The third kappa shape index (κ3) is 4.09. The van der Waals surface area contributed by atoms with Crippen LogP contribution >= 0.6 is 0 Å². The zero-order chi connectivity index (χ0) is 20.9. The van der Waals surface area contributed by atoms with E-state index in [-0.39, 0.29) is 6.29 Å². The van der Waals surface area contributed by atoms with Crippen LogP contribution in [0.2, 0.25) is 0 Å². The highest BCUT2D eigenvalue weighted by atomic mass is 15.4. The van der Waals surface area contributed by atoms with Crippen LogP contribution < -0.4 is 10.2 Å². The first-order valence-electron chi connectivity index (χ1n) is 10.3. The number of nitrogens with zero attached hydrogens (tertiary/aromatic N) is 3. The Morgan fingerprint density at radius 1 is 0.581 bits per heavy atom. The number of anilines is 2. The highest BCUT2D eigenvalue weighted by Crippen LogP contribution is 2.26. The molecule has 4 aromatic carbocycles. The van der Waals surface area contributed by atoms with E-state index >= 15 is 0 Å². The van der Waals surface area contributed by atoms with Gasteiger partial charge in [0.2, 0.25) is 6.29 Å². The van der Waals surface area contributed by atoms with Gasteiger partial charge in [0, 0.05) is 22.5 Å². The summed E-state index contributed by atoms with van der Waals surface area (Å²) in [6, 6.07) is 40.8. The van der Waals surface area contributed by atoms with Crippen molar-refractivity contribution in [2.45, 2.75) is 6.29 Å². The summed E-state index contributed by atoms with van der Waals surface area (Å²) in [6.45, 7) is 0. The molecular formula is C27H22N4. The average molecular weight is 403 g/mol. The molecule has 1 aliphatic rings. The lowest BCUT2D eigenvalue weighted by Gasteiger charge is -2.36. The summed E-state index contributed by atoms with van der Waals surface area (Å²) in [4.78, 5) is 12.2. The SMILES string of the molecule is c1ccc(NC2N=C(c3ccccc3)N=C(c3ccccc3)N2c2ccccc2)cc1. The quantitative estimate of drug-likeness (QED) is 0.459. The van der Waals surface area contributed by atoms with Gasteiger partial charge in [0.15, 0.2) is 5.84 Å². The second kappa shape index (κ2) is 8.67. The number of para-hydroxylation sites is 2. The molecule has 0 bridgehead atoms. The van der Waals surface area contributed by atoms with Gasteiger partial charge in [-0.1, -0.05) is 97.1 Å². The van der Waals surface area contributed by atoms with Gasteiger partial charge in [0.25, 0.3) is 0 Å². The monoisotopic (exact) mass is 402 g/mol. The molecule has 1 unspecified atom stereocenters. The Labute approximate surface area is 182 Å². The lowest BCUT2D eigenvalue weighted by atomic mass is 10.1. The van der Waals surface area contributed by atoms with Crippen molar-refractivity contribution in [2.24, 2.45) is 9.98 Å². The Kier molecular flexibility index (Phi) is 5.27. The topological polar surface area (TPSA) is 40.0 Å². The summed E-state index contributed by atoms with van der Waals surface area (Å²) >= 11 is 0. The summed E-state index contributed by atoms with van der Waals surface area (Å²) in [7, 11) is 0. The molecule has 0 spiro atoms. The number of hydrogen-bond acceptors (Lipinski definition) is 4. The van der Waals surface area contributed by atoms with Gasteiger partial charge in [0.1, 0.15) is 5.84 Å². The maximum atomic E-state index is 5.02. The maximum Gasteiger partial charge on any atom is 0.204 e. The average Bonchev–Trinajstić information content (AvgIpc) is 2.86. The van der Waals surface area contributed by atoms with Gasteiger partial charge in [0.05, 0.1) is 0 Å². The molecule has 1 aliphatic heterocycles. The van der Waals surface area contributed by atoms with Crippen LogP contribution in [0, 0.1) is 0 Å². The molecular weight excluding hydrogens is 380 g/mol. The Morgan fingerprint density at radius 3 is 1.71 bits per heavy atom. The van der Waals surface area contributed by atoms with Crippen molar-refractivity contribution in [3.8, 4) is 0 Å². The van der Waals surface area contributed by atoms with Crippen LogP contribution in [-0.2, 0) is 0 Å². The van der Waals surface area contributed by atoms with E-state index in [4.69, 9.17) is 9.98 Å². The van der Waals surface area contributed by atoms with E-state index in [0.29, 0.717) is 5.84 Å². The zero-order valence-electron chi connectivity index (χ0n) is 17.0. The van der Waals surface area contributed by atoms with Gasteiger partial charge in [-0.2, -0.15) is 0 Å². The summed E-state index contributed by atoms with van der Waals surface area (Å²) < 4.78 is 0. The molecule has 0 amide bonds. The first-order chi connectivity index (χ1) is 15.4. The highest BCUT2D eigenvalue weighted by Gasteiger charge is 2.29. The van der Waals surface area contributed by atoms with Crippen LogP contribution in [0.5, 0.6) is 0 Å². The van der Waals surface area contributed by atoms with Gasteiger partial charge in [-0.3, -0.25) is 4.90 Å². The van der Waals surface area contributed by atoms with Crippen molar-refractivity contribution in [2.75, 3.05) is 10.2 Å². The van der Waals surface area contributed by atoms with Crippen LogP contribution in [0.1, 0.15) is 11.1 Å². The van der Waals surface area contributed by atoms with Crippen LogP contribution in [0.25, 0.3) is 0 Å². The molecule has 5 rings (SSSR count). The van der Waals surface area contributed by atoms with E-state index in [2.05, 4.69) is 46.6 Å². The summed E-state index contributed by atoms with van der Waals surface area (Å²) in [5, 5.41) is 3.59. The molecule has 1 N–H and O–H groups in total. The molecule has 31 heavy (non-hydrogen) atoms. The van der Waals surface area contributed by atoms with Crippen molar-refractivity contribution in [3.63, 3.8) is 0 Å². The third-order valence-electron chi connectivity index (χ3n) is 5.10. The van der Waals surface area contributed by atoms with Crippen LogP contribution in [0.4, 0.5) is 11.4 Å². The number of amidine groups is 2. The predicted molar refractivity (Wildman–Crippen MR) is 129 cm³/mol. The molecule has 1 heterocycles. The maximum absolute atomic E-state index is 5.02. The van der Waals surface area contributed by atoms with Gasteiger partial charge in [-0.15, -0.1) is 0 Å². The van der Waals surface area contributed by atoms with Crippen LogP contribution in [-0.4, -0.2) is 18.0 Å². The van der Waals surface area contributed by atoms with E-state index in [0.717, 1.165) is 28.3 Å². The van der Waals surface area contributed by atoms with Gasteiger partial charge < -0.3 is 5.32 Å². The summed E-state index contributed by atoms with van der Waals surface area (Å²) in [5.74, 6) is 1.56. The molecule has 1 atom stereocenters. The Bertz CT molecular complexity index is 1190. The smallest absolute Gasteiger partial charge is 0.204 e. The standard InChI is InChI=1S/C27H22N4/c1-5-13-21(14-6-1)25-29-26(22-15-7-2-8-16-22)31(24-19-11-4-12-20-24)27(30-25)28-23-17-9-3-10-18-23/h1-20,27-28H. The van der Waals surface area contributed by atoms with Crippen LogP contribution in [0.15, 0.2) is 131 Å². The zero-order valence-corrected chi connectivity index (χ0v) is 17.0. The van der Waals surface area contributed by atoms with Gasteiger partial charge in [-0.05, 0) is 24.3 Å². The van der Waals surface area contributed by atoms with Crippen molar-refractivity contribution in [1.29, 1.82) is 0 Å². The van der Waals surface area contributed by atoms with Gasteiger partial charge in [-0.25, -0.2) is 9.98 Å². The highest BCUT2D eigenvalue weighted by molar-refractivity contribution is 6.19. The largest absolute Gasteiger partial charge is 0.346 e. The Hall–Kier alpha value is -4.18. The molecule has 150 valence electrons. The van der Waals surface area contributed by atoms with Gasteiger partial charge >= 0.3 is 0 Å². The second-order valence-electron chi connectivity index (χ2n) is 7.21. The number of rotatable bonds is 5. The lowest BCUT2D eigenvalue weighted by molar-refractivity contribution is 0.774. The molecule has 0 aliphatic carbocycles. The summed E-state index contributed by atoms with van der Waals surface area (Å²) in [5.41, 5.74) is 4.05. The van der Waals surface area contributed by atoms with E-state index in [9.17, 15) is 0 Å². The molecule has 0 saturated carbocycles. The van der Waals surface area contributed by atoms with Crippen LogP contribution in [0.3, 0.4) is 0 Å². The molecule has 4 aromatic rings. The predicted octanol–water partition coefficient (Wildman–Crippen LogP) is 5.80. The fraction of sp³-hybridized carbons (Fsp3) is 0.0370. The minimum Gasteiger partial charge on any atom is -0.346 e. The minimum atomic E-state index is -0.354. The number of nitrogens with one attached hydrogen (secondary N) is 1. The molecule has 4 nitrogen and oxygen atoms in total. The van der Waals surface area contributed by atoms with Crippen molar-refractivity contribution in [3.05, 3.63) is 132 Å². The first kappa shape index (κ1) is 18.8. The fourth-order valence-electron chi connectivity index (χ4n) is 3.62. The normalized spacial score (nSPS) is 15.7. The fourth-order valence-corrected chi connectivity index (χ4v) is 3.62. The van der Waals surface area contributed by atoms with E-state index in [1.165, 1.54) is 0 Å². The number of benzene rings is 4. The minimum absolute atomic E-state index is 0.354. The van der Waals surface area contributed by atoms with Crippen molar-refractivity contribution in [1.82, 2.24) is 0 Å². The lowest BCUT2D eigenvalue weighted by Crippen LogP contribution is -2.47. The second-order valence-corrected chi connectivity index (χ2v) is 7.21. The number of hydrogen-bond donors (Lipinski definition) is 1. The third-order valence-corrected chi connectivity index (χ3v) is 5.10. The van der Waals surface area contributed by atoms with E-state index in [1.54, 1.807) is 0 Å².